The molecule has 3 rings (SSSR count). The summed E-state index contributed by atoms with van der Waals surface area (Å²) in [7, 11) is 0. The largest absolute Gasteiger partial charge is 0.510 e. The number of hydrogen-bond acceptors (Lipinski definition) is 4. The maximum Gasteiger partial charge on any atom is 0.510 e. The summed E-state index contributed by atoms with van der Waals surface area (Å²) in [6.07, 6.45) is 2.91. The van der Waals surface area contributed by atoms with Crippen LogP contribution in [-0.2, 0) is 16.1 Å². The lowest BCUT2D eigenvalue weighted by atomic mass is 9.99. The van der Waals surface area contributed by atoms with Crippen molar-refractivity contribution in [2.75, 3.05) is 6.54 Å². The number of nitrogens with one attached hydrogen (secondary N) is 1. The molecule has 1 heterocycles. The van der Waals surface area contributed by atoms with Crippen LogP contribution in [0.4, 0.5) is 4.79 Å². The maximum absolute atomic E-state index is 11.7. The summed E-state index contributed by atoms with van der Waals surface area (Å²) in [5.74, 6) is 1.15. The van der Waals surface area contributed by atoms with Crippen molar-refractivity contribution in [2.24, 2.45) is 11.8 Å². The van der Waals surface area contributed by atoms with Crippen LogP contribution in [0.25, 0.3) is 0 Å². The van der Waals surface area contributed by atoms with Crippen molar-refractivity contribution in [3.05, 3.63) is 35.9 Å². The van der Waals surface area contributed by atoms with E-state index in [1.165, 1.54) is 12.8 Å². The molecule has 1 saturated carbocycles. The molecule has 3 atom stereocenters. The molecule has 20 heavy (non-hydrogen) atoms. The van der Waals surface area contributed by atoms with Crippen molar-refractivity contribution in [3.8, 4) is 0 Å². The number of benzene rings is 1. The third-order valence-corrected chi connectivity index (χ3v) is 4.11. The van der Waals surface area contributed by atoms with Crippen LogP contribution >= 0.6 is 12.4 Å². The van der Waals surface area contributed by atoms with E-state index in [1.807, 2.05) is 30.3 Å². The second-order valence-electron chi connectivity index (χ2n) is 5.33. The molecule has 0 radical (unpaired) electrons. The number of halogens is 1. The molecule has 1 N–H and O–H groups in total. The van der Waals surface area contributed by atoms with E-state index in [0.29, 0.717) is 11.8 Å². The molecule has 0 spiro atoms. The number of fused-ring (bicyclic) bond motifs is 1. The molecule has 0 aromatic heterocycles. The monoisotopic (exact) mass is 297 g/mol. The first-order valence-electron chi connectivity index (χ1n) is 6.93. The maximum atomic E-state index is 11.7. The van der Waals surface area contributed by atoms with E-state index in [9.17, 15) is 4.79 Å². The third-order valence-electron chi connectivity index (χ3n) is 4.11. The Bertz CT molecular complexity index is 440. The van der Waals surface area contributed by atoms with Crippen molar-refractivity contribution in [2.45, 2.75) is 32.1 Å². The summed E-state index contributed by atoms with van der Waals surface area (Å²) in [5.41, 5.74) is 0.970. The van der Waals surface area contributed by atoms with Crippen LogP contribution in [0.1, 0.15) is 24.8 Å². The Morgan fingerprint density at radius 3 is 2.85 bits per heavy atom. The molecule has 2 unspecified atom stereocenters. The lowest BCUT2D eigenvalue weighted by Gasteiger charge is -2.18. The Morgan fingerprint density at radius 1 is 1.25 bits per heavy atom. The van der Waals surface area contributed by atoms with Gasteiger partial charge in [-0.1, -0.05) is 36.8 Å². The van der Waals surface area contributed by atoms with Gasteiger partial charge in [-0.15, -0.1) is 12.4 Å². The van der Waals surface area contributed by atoms with Crippen LogP contribution in [0.15, 0.2) is 30.3 Å². The fourth-order valence-electron chi connectivity index (χ4n) is 3.12. The van der Waals surface area contributed by atoms with Crippen LogP contribution in [0, 0.1) is 11.8 Å². The summed E-state index contributed by atoms with van der Waals surface area (Å²) < 4.78 is 10.5. The molecular weight excluding hydrogens is 278 g/mol. The molecule has 5 heteroatoms. The Kier molecular flexibility index (Phi) is 5.26. The number of hydrogen-bond donors (Lipinski definition) is 1. The standard InChI is InChI=1S/C15H19NO3.ClH/c17-15(18-10-11-5-2-1-3-6-11)19-14-13-8-4-7-12(13)9-16-14;/h1-3,5-6,12-14,16H,4,7-10H2;1H/t12?,13?,14-;/m0./s1. The molecular formula is C15H20ClNO3. The normalized spacial score (nSPS) is 27.5. The van der Waals surface area contributed by atoms with Crippen molar-refractivity contribution in [1.29, 1.82) is 0 Å². The minimum absolute atomic E-state index is 0. The van der Waals surface area contributed by atoms with Gasteiger partial charge in [-0.25, -0.2) is 4.79 Å². The average Bonchev–Trinajstić information content (AvgIpc) is 3.03. The highest BCUT2D eigenvalue weighted by molar-refractivity contribution is 5.85. The molecule has 1 aromatic carbocycles. The fraction of sp³-hybridized carbons (Fsp3) is 0.533. The van der Waals surface area contributed by atoms with Gasteiger partial charge in [0, 0.05) is 12.5 Å². The minimum atomic E-state index is -0.575. The number of rotatable bonds is 3. The highest BCUT2D eigenvalue weighted by Gasteiger charge is 2.41. The Balaban J connectivity index is 0.00000147. The van der Waals surface area contributed by atoms with E-state index in [-0.39, 0.29) is 25.2 Å². The molecule has 1 aliphatic carbocycles. The van der Waals surface area contributed by atoms with E-state index >= 15 is 0 Å². The van der Waals surface area contributed by atoms with Gasteiger partial charge in [0.15, 0.2) is 6.23 Å². The minimum Gasteiger partial charge on any atom is -0.429 e. The zero-order valence-corrected chi connectivity index (χ0v) is 12.1. The van der Waals surface area contributed by atoms with Crippen LogP contribution in [0.2, 0.25) is 0 Å². The number of ether oxygens (including phenoxy) is 2. The van der Waals surface area contributed by atoms with E-state index in [1.54, 1.807) is 0 Å². The lowest BCUT2D eigenvalue weighted by molar-refractivity contribution is -0.00266. The molecule has 1 aromatic rings. The van der Waals surface area contributed by atoms with Gasteiger partial charge in [0.25, 0.3) is 0 Å². The van der Waals surface area contributed by atoms with Gasteiger partial charge in [0.05, 0.1) is 0 Å². The van der Waals surface area contributed by atoms with Gasteiger partial charge in [-0.05, 0) is 24.3 Å². The highest BCUT2D eigenvalue weighted by Crippen LogP contribution is 2.38. The zero-order valence-electron chi connectivity index (χ0n) is 11.3. The summed E-state index contributed by atoms with van der Waals surface area (Å²) in [5, 5.41) is 3.26. The lowest BCUT2D eigenvalue weighted by Crippen LogP contribution is -2.32. The van der Waals surface area contributed by atoms with Crippen LogP contribution in [0.5, 0.6) is 0 Å². The topological polar surface area (TPSA) is 47.6 Å². The highest BCUT2D eigenvalue weighted by atomic mass is 35.5. The molecule has 2 fully saturated rings. The summed E-state index contributed by atoms with van der Waals surface area (Å²) in [6, 6.07) is 9.63. The van der Waals surface area contributed by atoms with Crippen molar-refractivity contribution >= 4 is 18.6 Å². The Labute approximate surface area is 125 Å². The number of carbonyl (C=O) groups excluding carboxylic acids is 1. The average molecular weight is 298 g/mol. The van der Waals surface area contributed by atoms with Crippen LogP contribution < -0.4 is 5.32 Å². The fourth-order valence-corrected chi connectivity index (χ4v) is 3.12. The van der Waals surface area contributed by atoms with Crippen molar-refractivity contribution < 1.29 is 14.3 Å². The van der Waals surface area contributed by atoms with E-state index < -0.39 is 6.16 Å². The van der Waals surface area contributed by atoms with E-state index in [2.05, 4.69) is 5.32 Å². The van der Waals surface area contributed by atoms with E-state index in [0.717, 1.165) is 18.5 Å². The van der Waals surface area contributed by atoms with Crippen molar-refractivity contribution in [1.82, 2.24) is 5.32 Å². The summed E-state index contributed by atoms with van der Waals surface area (Å²) in [4.78, 5) is 11.7. The van der Waals surface area contributed by atoms with Gasteiger partial charge in [-0.3, -0.25) is 5.32 Å². The van der Waals surface area contributed by atoms with Gasteiger partial charge < -0.3 is 9.47 Å². The number of carbonyl (C=O) groups is 1. The van der Waals surface area contributed by atoms with Gasteiger partial charge in [0.1, 0.15) is 6.61 Å². The molecule has 4 nitrogen and oxygen atoms in total. The first-order chi connectivity index (χ1) is 9.33. The molecule has 1 saturated heterocycles. The van der Waals surface area contributed by atoms with Crippen LogP contribution in [0.3, 0.4) is 0 Å². The summed E-state index contributed by atoms with van der Waals surface area (Å²) in [6.45, 7) is 1.22. The predicted molar refractivity (Wildman–Crippen MR) is 77.6 cm³/mol. The molecule has 0 amide bonds. The van der Waals surface area contributed by atoms with Gasteiger partial charge >= 0.3 is 6.16 Å². The van der Waals surface area contributed by atoms with Crippen molar-refractivity contribution in [3.63, 3.8) is 0 Å². The quantitative estimate of drug-likeness (QED) is 0.871. The second-order valence-corrected chi connectivity index (χ2v) is 5.33. The Morgan fingerprint density at radius 2 is 2.05 bits per heavy atom. The predicted octanol–water partition coefficient (Wildman–Crippen LogP) is 3.11. The SMILES string of the molecule is Cl.O=C(OCc1ccccc1)O[C@@H]1NCC2CCCC21. The van der Waals surface area contributed by atoms with Gasteiger partial charge in [-0.2, -0.15) is 0 Å². The molecule has 110 valence electrons. The molecule has 0 bridgehead atoms. The zero-order chi connectivity index (χ0) is 13.1. The first kappa shape index (κ1) is 15.1. The molecule has 1 aliphatic heterocycles. The smallest absolute Gasteiger partial charge is 0.429 e. The molecule has 2 aliphatic rings. The third kappa shape index (κ3) is 3.44. The summed E-state index contributed by atoms with van der Waals surface area (Å²) >= 11 is 0. The van der Waals surface area contributed by atoms with Crippen LogP contribution in [-0.4, -0.2) is 18.9 Å². The van der Waals surface area contributed by atoms with Gasteiger partial charge in [0.2, 0.25) is 0 Å². The Hall–Kier alpha value is -1.26. The second kappa shape index (κ2) is 6.95. The van der Waals surface area contributed by atoms with E-state index in [4.69, 9.17) is 9.47 Å². The first-order valence-corrected chi connectivity index (χ1v) is 6.93.